The van der Waals surface area contributed by atoms with Crippen LogP contribution in [0.1, 0.15) is 30.0 Å². The zero-order chi connectivity index (χ0) is 28.4. The number of nitrogens with one attached hydrogen (secondary N) is 1. The zero-order valence-corrected chi connectivity index (χ0v) is 22.8. The van der Waals surface area contributed by atoms with E-state index in [0.29, 0.717) is 11.4 Å². The van der Waals surface area contributed by atoms with Crippen LogP contribution in [0.5, 0.6) is 0 Å². The van der Waals surface area contributed by atoms with Crippen LogP contribution < -0.4 is 0 Å². The molecule has 0 atom stereocenters. The third-order valence-electron chi connectivity index (χ3n) is 4.95. The SMILES string of the molecule is C=C(/C=C(\C(=CC)CO)S(=O)(=O)CC)c1ccc(C(CC(=N)C(F)(F)F)=NCC(=O)OCCN(C)C)s1. The van der Waals surface area contributed by atoms with Gasteiger partial charge < -0.3 is 20.2 Å². The number of aliphatic hydroxyl groups excluding tert-OH is 1. The average Bonchev–Trinajstić information content (AvgIpc) is 3.31. The number of hydrogen-bond acceptors (Lipinski definition) is 9. The van der Waals surface area contributed by atoms with Gasteiger partial charge in [0.15, 0.2) is 9.84 Å². The highest BCUT2D eigenvalue weighted by Crippen LogP contribution is 2.30. The monoisotopic (exact) mass is 563 g/mol. The lowest BCUT2D eigenvalue weighted by molar-refractivity contribution is -0.142. The van der Waals surface area contributed by atoms with Crippen molar-refractivity contribution < 1.29 is 36.2 Å². The van der Waals surface area contributed by atoms with Gasteiger partial charge in [0, 0.05) is 22.7 Å². The summed E-state index contributed by atoms with van der Waals surface area (Å²) in [5, 5.41) is 17.0. The largest absolute Gasteiger partial charge is 0.463 e. The lowest BCUT2D eigenvalue weighted by Crippen LogP contribution is -2.25. The molecule has 0 aliphatic rings. The van der Waals surface area contributed by atoms with Crippen LogP contribution in [-0.2, 0) is 19.4 Å². The summed E-state index contributed by atoms with van der Waals surface area (Å²) in [6.45, 7) is 6.45. The topological polar surface area (TPSA) is 120 Å². The number of hydrogen-bond donors (Lipinski definition) is 2. The molecule has 0 saturated heterocycles. The summed E-state index contributed by atoms with van der Waals surface area (Å²) in [6, 6.07) is 3.00. The minimum absolute atomic E-state index is 0.0927. The molecule has 206 valence electrons. The van der Waals surface area contributed by atoms with Crippen molar-refractivity contribution in [2.24, 2.45) is 4.99 Å². The third-order valence-corrected chi connectivity index (χ3v) is 7.97. The summed E-state index contributed by atoms with van der Waals surface area (Å²) in [5.74, 6) is -0.931. The molecule has 1 rings (SSSR count). The van der Waals surface area contributed by atoms with Crippen LogP contribution in [0.25, 0.3) is 5.57 Å². The molecule has 0 spiro atoms. The Balaban J connectivity index is 3.33. The molecule has 0 bridgehead atoms. The molecule has 0 radical (unpaired) electrons. The van der Waals surface area contributed by atoms with Gasteiger partial charge >= 0.3 is 12.1 Å². The summed E-state index contributed by atoms with van der Waals surface area (Å²) < 4.78 is 69.3. The third kappa shape index (κ3) is 10.3. The van der Waals surface area contributed by atoms with E-state index in [1.54, 1.807) is 25.9 Å². The van der Waals surface area contributed by atoms with Gasteiger partial charge in [0.1, 0.15) is 18.9 Å². The number of carbonyl (C=O) groups excluding carboxylic acids is 1. The molecular weight excluding hydrogens is 531 g/mol. The summed E-state index contributed by atoms with van der Waals surface area (Å²) >= 11 is 0.988. The van der Waals surface area contributed by atoms with Crippen molar-refractivity contribution in [1.29, 1.82) is 5.41 Å². The van der Waals surface area contributed by atoms with Gasteiger partial charge in [0.25, 0.3) is 0 Å². The van der Waals surface area contributed by atoms with E-state index in [1.165, 1.54) is 31.2 Å². The standard InChI is InChI=1S/C24H32F3N3O5S2/c1-6-17(15-31)21(37(33,34)7-2)12-16(3)19-8-9-20(36-19)18(13-22(28)24(25,26)27)29-14-23(32)35-11-10-30(4)5/h6,8-9,12,28,31H,3,7,10-11,13-15H2,1-2,4-5H3/b17-6?,21-12+,28-22?,29-18?. The van der Waals surface area contributed by atoms with Gasteiger partial charge in [0.05, 0.1) is 23.0 Å². The number of halogens is 3. The molecule has 0 fully saturated rings. The van der Waals surface area contributed by atoms with Gasteiger partial charge in [-0.1, -0.05) is 19.6 Å². The van der Waals surface area contributed by atoms with E-state index in [1.807, 2.05) is 0 Å². The lowest BCUT2D eigenvalue weighted by atomic mass is 10.1. The van der Waals surface area contributed by atoms with E-state index in [0.717, 1.165) is 11.3 Å². The molecule has 0 aromatic carbocycles. The number of aliphatic hydroxyl groups is 1. The molecule has 8 nitrogen and oxygen atoms in total. The van der Waals surface area contributed by atoms with Crippen LogP contribution in [0, 0.1) is 5.41 Å². The first-order valence-corrected chi connectivity index (χ1v) is 13.6. The summed E-state index contributed by atoms with van der Waals surface area (Å²) in [7, 11) is -0.143. The molecule has 0 unspecified atom stereocenters. The van der Waals surface area contributed by atoms with Gasteiger partial charge in [0.2, 0.25) is 0 Å². The predicted octanol–water partition coefficient (Wildman–Crippen LogP) is 3.88. The van der Waals surface area contributed by atoms with E-state index in [2.05, 4.69) is 11.6 Å². The number of likely N-dealkylation sites (N-methyl/N-ethyl adjacent to an activating group) is 1. The van der Waals surface area contributed by atoms with E-state index in [-0.39, 0.29) is 39.0 Å². The quantitative estimate of drug-likeness (QED) is 0.201. The van der Waals surface area contributed by atoms with E-state index in [9.17, 15) is 31.5 Å². The van der Waals surface area contributed by atoms with Crippen molar-refractivity contribution in [2.45, 2.75) is 26.4 Å². The van der Waals surface area contributed by atoms with Crippen LogP contribution in [0.2, 0.25) is 0 Å². The molecule has 1 aromatic rings. The fourth-order valence-electron chi connectivity index (χ4n) is 2.78. The Morgan fingerprint density at radius 2 is 1.92 bits per heavy atom. The minimum atomic E-state index is -4.87. The van der Waals surface area contributed by atoms with Crippen molar-refractivity contribution in [1.82, 2.24) is 4.90 Å². The highest BCUT2D eigenvalue weighted by Gasteiger charge is 2.35. The van der Waals surface area contributed by atoms with Crippen LogP contribution in [0.3, 0.4) is 0 Å². The molecule has 0 saturated carbocycles. The van der Waals surface area contributed by atoms with E-state index >= 15 is 0 Å². The molecule has 37 heavy (non-hydrogen) atoms. The number of sulfone groups is 1. The number of esters is 1. The molecule has 1 heterocycles. The number of thiophene rings is 1. The Kier molecular flexibility index (Phi) is 12.6. The molecule has 2 N–H and O–H groups in total. The maximum Gasteiger partial charge on any atom is 0.429 e. The Morgan fingerprint density at radius 1 is 1.30 bits per heavy atom. The number of ether oxygens (including phenoxy) is 1. The Hall–Kier alpha value is -2.61. The summed E-state index contributed by atoms with van der Waals surface area (Å²) in [6.07, 6.45) is -2.95. The average molecular weight is 564 g/mol. The number of rotatable bonds is 14. The molecule has 0 amide bonds. The maximum absolute atomic E-state index is 13.1. The number of aliphatic imine (C=N–C) groups is 1. The van der Waals surface area contributed by atoms with Crippen LogP contribution in [0.15, 0.2) is 46.3 Å². The smallest absolute Gasteiger partial charge is 0.429 e. The van der Waals surface area contributed by atoms with Crippen molar-refractivity contribution in [3.63, 3.8) is 0 Å². The van der Waals surface area contributed by atoms with Crippen molar-refractivity contribution in [2.75, 3.05) is 46.2 Å². The van der Waals surface area contributed by atoms with Gasteiger partial charge in [-0.25, -0.2) is 8.42 Å². The number of alkyl halides is 3. The first-order chi connectivity index (χ1) is 17.2. The second-order valence-electron chi connectivity index (χ2n) is 8.01. The molecule has 13 heteroatoms. The van der Waals surface area contributed by atoms with Gasteiger partial charge in [-0.05, 0) is 50.4 Å². The van der Waals surface area contributed by atoms with Gasteiger partial charge in [-0.2, -0.15) is 13.2 Å². The first-order valence-electron chi connectivity index (χ1n) is 11.1. The summed E-state index contributed by atoms with van der Waals surface area (Å²) in [4.78, 5) is 18.4. The van der Waals surface area contributed by atoms with E-state index < -0.39 is 47.3 Å². The second-order valence-corrected chi connectivity index (χ2v) is 11.3. The lowest BCUT2D eigenvalue weighted by Gasteiger charge is -2.11. The van der Waals surface area contributed by atoms with Crippen molar-refractivity contribution >= 4 is 44.1 Å². The molecular formula is C24H32F3N3O5S2. The Morgan fingerprint density at radius 3 is 2.43 bits per heavy atom. The molecule has 1 aromatic heterocycles. The highest BCUT2D eigenvalue weighted by atomic mass is 32.2. The number of allylic oxidation sites excluding steroid dienone is 3. The maximum atomic E-state index is 13.1. The minimum Gasteiger partial charge on any atom is -0.463 e. The normalized spacial score (nSPS) is 13.7. The zero-order valence-electron chi connectivity index (χ0n) is 21.2. The Labute approximate surface area is 219 Å². The number of carbonyl (C=O) groups is 1. The predicted molar refractivity (Wildman–Crippen MR) is 141 cm³/mol. The Bertz CT molecular complexity index is 1180. The fraction of sp³-hybridized carbons (Fsp3) is 0.458. The number of nitrogens with zero attached hydrogens (tertiary/aromatic N) is 2. The fourth-order valence-corrected chi connectivity index (χ4v) is 4.95. The molecule has 0 aliphatic heterocycles. The highest BCUT2D eigenvalue weighted by molar-refractivity contribution is 7.95. The van der Waals surface area contributed by atoms with Gasteiger partial charge in [-0.3, -0.25) is 9.79 Å². The molecule has 0 aliphatic carbocycles. The van der Waals surface area contributed by atoms with Crippen molar-refractivity contribution in [3.05, 3.63) is 51.1 Å². The summed E-state index contributed by atoms with van der Waals surface area (Å²) in [5.41, 5.74) is -1.22. The first kappa shape index (κ1) is 32.4. The van der Waals surface area contributed by atoms with Gasteiger partial charge in [-0.15, -0.1) is 11.3 Å². The van der Waals surface area contributed by atoms with Crippen LogP contribution in [0.4, 0.5) is 13.2 Å². The van der Waals surface area contributed by atoms with Crippen LogP contribution in [-0.4, -0.2) is 88.1 Å². The van der Waals surface area contributed by atoms with E-state index in [4.69, 9.17) is 10.1 Å². The van der Waals surface area contributed by atoms with Crippen LogP contribution >= 0.6 is 11.3 Å². The van der Waals surface area contributed by atoms with Crippen molar-refractivity contribution in [3.8, 4) is 0 Å². The second kappa shape index (κ2) is 14.4.